The quantitative estimate of drug-likeness (QED) is 0.843. The Morgan fingerprint density at radius 3 is 3.05 bits per heavy atom. The fourth-order valence-corrected chi connectivity index (χ4v) is 2.20. The second-order valence-corrected chi connectivity index (χ2v) is 4.54. The van der Waals surface area contributed by atoms with E-state index in [-0.39, 0.29) is 18.6 Å². The van der Waals surface area contributed by atoms with Crippen LogP contribution in [-0.2, 0) is 9.53 Å². The molecule has 1 N–H and O–H groups in total. The summed E-state index contributed by atoms with van der Waals surface area (Å²) in [5.74, 6) is 0.675. The molecule has 1 saturated heterocycles. The third-order valence-electron chi connectivity index (χ3n) is 3.06. The van der Waals surface area contributed by atoms with Gasteiger partial charge in [0.2, 0.25) is 11.9 Å². The molecule has 1 aliphatic heterocycles. The van der Waals surface area contributed by atoms with Crippen LogP contribution in [0.15, 0.2) is 18.5 Å². The molecule has 1 aromatic rings. The van der Waals surface area contributed by atoms with Crippen molar-refractivity contribution >= 4 is 11.9 Å². The van der Waals surface area contributed by atoms with Gasteiger partial charge in [0.05, 0.1) is 0 Å². The minimum absolute atomic E-state index is 0.0531. The van der Waals surface area contributed by atoms with Crippen molar-refractivity contribution in [2.24, 2.45) is 0 Å². The van der Waals surface area contributed by atoms with Crippen molar-refractivity contribution in [2.45, 2.75) is 25.8 Å². The van der Waals surface area contributed by atoms with Gasteiger partial charge in [0.1, 0.15) is 6.61 Å². The molecule has 0 bridgehead atoms. The molecule has 1 unspecified atom stereocenters. The van der Waals surface area contributed by atoms with E-state index in [1.165, 1.54) is 0 Å². The summed E-state index contributed by atoms with van der Waals surface area (Å²) in [5, 5.41) is 2.99. The number of amides is 1. The number of piperidine rings is 1. The van der Waals surface area contributed by atoms with E-state index in [0.717, 1.165) is 31.9 Å². The van der Waals surface area contributed by atoms with Crippen LogP contribution in [-0.4, -0.2) is 48.2 Å². The molecular weight excluding hydrogens is 244 g/mol. The van der Waals surface area contributed by atoms with E-state index < -0.39 is 0 Å². The lowest BCUT2D eigenvalue weighted by Gasteiger charge is -2.33. The minimum atomic E-state index is -0.0531. The molecule has 104 valence electrons. The Labute approximate surface area is 113 Å². The van der Waals surface area contributed by atoms with Crippen LogP contribution in [0.4, 0.5) is 5.95 Å². The molecule has 6 nitrogen and oxygen atoms in total. The zero-order valence-electron chi connectivity index (χ0n) is 11.2. The van der Waals surface area contributed by atoms with Crippen molar-refractivity contribution < 1.29 is 9.53 Å². The smallest absolute Gasteiger partial charge is 0.246 e. The van der Waals surface area contributed by atoms with E-state index in [1.54, 1.807) is 18.5 Å². The molecule has 1 aliphatic rings. The Hall–Kier alpha value is -1.69. The lowest BCUT2D eigenvalue weighted by atomic mass is 10.1. The minimum Gasteiger partial charge on any atom is -0.372 e. The third kappa shape index (κ3) is 4.17. The number of hydrogen-bond acceptors (Lipinski definition) is 5. The third-order valence-corrected chi connectivity index (χ3v) is 3.06. The van der Waals surface area contributed by atoms with Gasteiger partial charge in [0.15, 0.2) is 0 Å². The van der Waals surface area contributed by atoms with E-state index in [9.17, 15) is 4.79 Å². The summed E-state index contributed by atoms with van der Waals surface area (Å²) < 4.78 is 5.10. The Morgan fingerprint density at radius 2 is 2.32 bits per heavy atom. The molecule has 0 aromatic carbocycles. The lowest BCUT2D eigenvalue weighted by molar-refractivity contribution is -0.126. The monoisotopic (exact) mass is 264 g/mol. The van der Waals surface area contributed by atoms with Crippen molar-refractivity contribution in [1.82, 2.24) is 15.3 Å². The number of carbonyl (C=O) groups excluding carboxylic acids is 1. The SMILES string of the molecule is CCOCC(=O)NC1CCCN(c2ncccn2)C1. The predicted octanol–water partition coefficient (Wildman–Crippen LogP) is 0.598. The van der Waals surface area contributed by atoms with Gasteiger partial charge in [-0.2, -0.15) is 0 Å². The highest BCUT2D eigenvalue weighted by Crippen LogP contribution is 2.15. The maximum atomic E-state index is 11.6. The first kappa shape index (κ1) is 13.7. The number of hydrogen-bond donors (Lipinski definition) is 1. The van der Waals surface area contributed by atoms with E-state index in [4.69, 9.17) is 4.74 Å². The van der Waals surface area contributed by atoms with Crippen molar-refractivity contribution in [3.8, 4) is 0 Å². The van der Waals surface area contributed by atoms with E-state index in [2.05, 4.69) is 20.2 Å². The molecule has 0 spiro atoms. The molecule has 2 rings (SSSR count). The summed E-state index contributed by atoms with van der Waals surface area (Å²) in [5.41, 5.74) is 0. The Morgan fingerprint density at radius 1 is 1.53 bits per heavy atom. The van der Waals surface area contributed by atoms with Crippen LogP contribution in [0, 0.1) is 0 Å². The molecule has 0 saturated carbocycles. The highest BCUT2D eigenvalue weighted by molar-refractivity contribution is 5.77. The molecule has 1 fully saturated rings. The van der Waals surface area contributed by atoms with Crippen LogP contribution >= 0.6 is 0 Å². The van der Waals surface area contributed by atoms with E-state index in [0.29, 0.717) is 6.61 Å². The number of anilines is 1. The van der Waals surface area contributed by atoms with Gasteiger partial charge in [0, 0.05) is 38.1 Å². The van der Waals surface area contributed by atoms with Gasteiger partial charge >= 0.3 is 0 Å². The first-order valence-corrected chi connectivity index (χ1v) is 6.68. The molecule has 19 heavy (non-hydrogen) atoms. The summed E-state index contributed by atoms with van der Waals surface area (Å²) in [6, 6.07) is 1.94. The van der Waals surface area contributed by atoms with Gasteiger partial charge in [-0.3, -0.25) is 4.79 Å². The molecule has 0 radical (unpaired) electrons. The van der Waals surface area contributed by atoms with Gasteiger partial charge in [-0.05, 0) is 25.8 Å². The maximum Gasteiger partial charge on any atom is 0.246 e. The summed E-state index contributed by atoms with van der Waals surface area (Å²) >= 11 is 0. The molecule has 6 heteroatoms. The predicted molar refractivity (Wildman–Crippen MR) is 71.9 cm³/mol. The average molecular weight is 264 g/mol. The zero-order chi connectivity index (χ0) is 13.5. The van der Waals surface area contributed by atoms with Crippen LogP contribution in [0.2, 0.25) is 0 Å². The van der Waals surface area contributed by atoms with Gasteiger partial charge in [-0.1, -0.05) is 0 Å². The maximum absolute atomic E-state index is 11.6. The molecular formula is C13H20N4O2. The molecule has 1 atom stereocenters. The second kappa shape index (κ2) is 7.04. The summed E-state index contributed by atoms with van der Waals surface area (Å²) in [6.45, 7) is 4.25. The van der Waals surface area contributed by atoms with Crippen LogP contribution < -0.4 is 10.2 Å². The zero-order valence-corrected chi connectivity index (χ0v) is 11.2. The van der Waals surface area contributed by atoms with Crippen LogP contribution in [0.5, 0.6) is 0 Å². The van der Waals surface area contributed by atoms with E-state index >= 15 is 0 Å². The average Bonchev–Trinajstić information content (AvgIpc) is 2.46. The Bertz CT molecular complexity index is 399. The largest absolute Gasteiger partial charge is 0.372 e. The molecule has 2 heterocycles. The Balaban J connectivity index is 1.85. The molecule has 1 aromatic heterocycles. The number of nitrogens with one attached hydrogen (secondary N) is 1. The lowest BCUT2D eigenvalue weighted by Crippen LogP contribution is -2.49. The number of rotatable bonds is 5. The topological polar surface area (TPSA) is 67.3 Å². The molecule has 1 amide bonds. The van der Waals surface area contributed by atoms with Gasteiger partial charge < -0.3 is 15.0 Å². The summed E-state index contributed by atoms with van der Waals surface area (Å²) in [4.78, 5) is 22.2. The Kier molecular flexibility index (Phi) is 5.09. The number of aromatic nitrogens is 2. The number of nitrogens with zero attached hydrogens (tertiary/aromatic N) is 3. The van der Waals surface area contributed by atoms with Crippen LogP contribution in [0.25, 0.3) is 0 Å². The second-order valence-electron chi connectivity index (χ2n) is 4.54. The fourth-order valence-electron chi connectivity index (χ4n) is 2.20. The summed E-state index contributed by atoms with van der Waals surface area (Å²) in [6.07, 6.45) is 5.48. The van der Waals surface area contributed by atoms with Crippen molar-refractivity contribution in [1.29, 1.82) is 0 Å². The highest BCUT2D eigenvalue weighted by atomic mass is 16.5. The summed E-state index contributed by atoms with van der Waals surface area (Å²) in [7, 11) is 0. The van der Waals surface area contributed by atoms with Crippen molar-refractivity contribution in [3.63, 3.8) is 0 Å². The standard InChI is InChI=1S/C13H20N4O2/c1-2-19-10-12(18)16-11-5-3-8-17(9-11)13-14-6-4-7-15-13/h4,6-7,11H,2-3,5,8-10H2,1H3,(H,16,18). The number of carbonyl (C=O) groups is 1. The van der Waals surface area contributed by atoms with Crippen molar-refractivity contribution in [2.75, 3.05) is 31.2 Å². The van der Waals surface area contributed by atoms with Gasteiger partial charge in [-0.15, -0.1) is 0 Å². The molecule has 0 aliphatic carbocycles. The van der Waals surface area contributed by atoms with Crippen LogP contribution in [0.1, 0.15) is 19.8 Å². The first-order valence-electron chi connectivity index (χ1n) is 6.68. The highest BCUT2D eigenvalue weighted by Gasteiger charge is 2.22. The fraction of sp³-hybridized carbons (Fsp3) is 0.615. The van der Waals surface area contributed by atoms with Crippen molar-refractivity contribution in [3.05, 3.63) is 18.5 Å². The first-order chi connectivity index (χ1) is 9.29. The van der Waals surface area contributed by atoms with E-state index in [1.807, 2.05) is 6.92 Å². The number of ether oxygens (including phenoxy) is 1. The van der Waals surface area contributed by atoms with Crippen LogP contribution in [0.3, 0.4) is 0 Å². The van der Waals surface area contributed by atoms with Gasteiger partial charge in [0.25, 0.3) is 0 Å². The normalized spacial score (nSPS) is 19.2. The van der Waals surface area contributed by atoms with Gasteiger partial charge in [-0.25, -0.2) is 9.97 Å².